The molecular weight excluding hydrogens is 264 g/mol. The molecule has 0 unspecified atom stereocenters. The van der Waals surface area contributed by atoms with Crippen LogP contribution in [-0.2, 0) is 6.54 Å². The SMILES string of the molecule is COc1cc(Cl)cc(CN2CCNCC2(C)C)c1O. The molecule has 0 spiro atoms. The van der Waals surface area contributed by atoms with E-state index in [-0.39, 0.29) is 11.3 Å². The number of nitrogens with one attached hydrogen (secondary N) is 1. The van der Waals surface area contributed by atoms with E-state index in [1.165, 1.54) is 7.11 Å². The minimum absolute atomic E-state index is 0.0558. The highest BCUT2D eigenvalue weighted by atomic mass is 35.5. The second-order valence-electron chi connectivity index (χ2n) is 5.53. The van der Waals surface area contributed by atoms with E-state index in [9.17, 15) is 5.11 Å². The van der Waals surface area contributed by atoms with Crippen molar-refractivity contribution in [3.63, 3.8) is 0 Å². The number of hydrogen-bond donors (Lipinski definition) is 2. The van der Waals surface area contributed by atoms with Crippen LogP contribution in [0.1, 0.15) is 19.4 Å². The molecule has 0 aliphatic carbocycles. The zero-order valence-corrected chi connectivity index (χ0v) is 12.4. The molecule has 19 heavy (non-hydrogen) atoms. The Morgan fingerprint density at radius 2 is 2.21 bits per heavy atom. The maximum absolute atomic E-state index is 10.2. The number of phenolic OH excluding ortho intramolecular Hbond substituents is 1. The fourth-order valence-corrected chi connectivity index (χ4v) is 2.66. The fourth-order valence-electron chi connectivity index (χ4n) is 2.43. The number of phenols is 1. The Morgan fingerprint density at radius 1 is 1.47 bits per heavy atom. The van der Waals surface area contributed by atoms with E-state index < -0.39 is 0 Å². The van der Waals surface area contributed by atoms with Crippen LogP contribution in [0.5, 0.6) is 11.5 Å². The second kappa shape index (κ2) is 5.57. The van der Waals surface area contributed by atoms with Gasteiger partial charge >= 0.3 is 0 Å². The quantitative estimate of drug-likeness (QED) is 0.893. The number of ether oxygens (including phenoxy) is 1. The highest BCUT2D eigenvalue weighted by Crippen LogP contribution is 2.35. The first kappa shape index (κ1) is 14.4. The lowest BCUT2D eigenvalue weighted by Crippen LogP contribution is -2.57. The Hall–Kier alpha value is -0.970. The van der Waals surface area contributed by atoms with E-state index in [1.54, 1.807) is 12.1 Å². The fraction of sp³-hybridized carbons (Fsp3) is 0.571. The third-order valence-electron chi connectivity index (χ3n) is 3.67. The molecule has 1 aliphatic heterocycles. The Morgan fingerprint density at radius 3 is 2.84 bits per heavy atom. The smallest absolute Gasteiger partial charge is 0.162 e. The molecule has 2 N–H and O–H groups in total. The van der Waals surface area contributed by atoms with Gasteiger partial charge in [-0.3, -0.25) is 4.90 Å². The van der Waals surface area contributed by atoms with Crippen molar-refractivity contribution in [2.45, 2.75) is 25.9 Å². The van der Waals surface area contributed by atoms with E-state index in [0.717, 1.165) is 25.2 Å². The number of piperazine rings is 1. The summed E-state index contributed by atoms with van der Waals surface area (Å²) in [4.78, 5) is 2.34. The van der Waals surface area contributed by atoms with Crippen molar-refractivity contribution in [3.05, 3.63) is 22.7 Å². The number of nitrogens with zero attached hydrogens (tertiary/aromatic N) is 1. The molecule has 1 fully saturated rings. The summed E-state index contributed by atoms with van der Waals surface area (Å²) in [5.74, 6) is 0.608. The summed E-state index contributed by atoms with van der Waals surface area (Å²) in [7, 11) is 1.53. The van der Waals surface area contributed by atoms with Gasteiger partial charge in [0.25, 0.3) is 0 Å². The summed E-state index contributed by atoms with van der Waals surface area (Å²) < 4.78 is 5.14. The number of hydrogen-bond acceptors (Lipinski definition) is 4. The van der Waals surface area contributed by atoms with E-state index in [0.29, 0.717) is 17.3 Å². The molecule has 0 saturated carbocycles. The summed E-state index contributed by atoms with van der Waals surface area (Å²) in [6.45, 7) is 7.89. The first-order valence-electron chi connectivity index (χ1n) is 6.45. The summed E-state index contributed by atoms with van der Waals surface area (Å²) in [6, 6.07) is 3.43. The largest absolute Gasteiger partial charge is 0.504 e. The topological polar surface area (TPSA) is 44.7 Å². The van der Waals surface area contributed by atoms with Crippen molar-refractivity contribution < 1.29 is 9.84 Å². The molecule has 0 radical (unpaired) electrons. The molecular formula is C14H21ClN2O2. The van der Waals surface area contributed by atoms with Crippen molar-refractivity contribution in [2.24, 2.45) is 0 Å². The van der Waals surface area contributed by atoms with E-state index >= 15 is 0 Å². The molecule has 2 rings (SSSR count). The lowest BCUT2D eigenvalue weighted by Gasteiger charge is -2.43. The average molecular weight is 285 g/mol. The second-order valence-corrected chi connectivity index (χ2v) is 5.96. The number of aromatic hydroxyl groups is 1. The highest BCUT2D eigenvalue weighted by Gasteiger charge is 2.30. The Kier molecular flexibility index (Phi) is 4.23. The van der Waals surface area contributed by atoms with Crippen molar-refractivity contribution in [3.8, 4) is 11.5 Å². The molecule has 0 aromatic heterocycles. The van der Waals surface area contributed by atoms with Crippen LogP contribution in [0.15, 0.2) is 12.1 Å². The lowest BCUT2D eigenvalue weighted by molar-refractivity contribution is 0.0818. The molecule has 1 aliphatic rings. The van der Waals surface area contributed by atoms with Gasteiger partial charge in [-0.05, 0) is 19.9 Å². The van der Waals surface area contributed by atoms with Gasteiger partial charge in [0.15, 0.2) is 11.5 Å². The molecule has 0 amide bonds. The average Bonchev–Trinajstić information content (AvgIpc) is 2.35. The predicted octanol–water partition coefficient (Wildman–Crippen LogP) is 2.24. The van der Waals surface area contributed by atoms with Crippen LogP contribution in [-0.4, -0.2) is 42.3 Å². The first-order valence-corrected chi connectivity index (χ1v) is 6.83. The standard InChI is InChI=1S/C14H21ClN2O2/c1-14(2)9-16-4-5-17(14)8-10-6-11(15)7-12(19-3)13(10)18/h6-7,16,18H,4-5,8-9H2,1-3H3. The number of benzene rings is 1. The monoisotopic (exact) mass is 284 g/mol. The number of rotatable bonds is 3. The van der Waals surface area contributed by atoms with Crippen LogP contribution in [0.4, 0.5) is 0 Å². The van der Waals surface area contributed by atoms with Gasteiger partial charge in [-0.2, -0.15) is 0 Å². The van der Waals surface area contributed by atoms with Crippen molar-refractivity contribution in [2.75, 3.05) is 26.7 Å². The molecule has 0 bridgehead atoms. The lowest BCUT2D eigenvalue weighted by atomic mass is 9.99. The molecule has 1 saturated heterocycles. The van der Waals surface area contributed by atoms with Gasteiger partial charge in [0.1, 0.15) is 0 Å². The van der Waals surface area contributed by atoms with Crippen LogP contribution in [0, 0.1) is 0 Å². The van der Waals surface area contributed by atoms with Crippen LogP contribution in [0.2, 0.25) is 5.02 Å². The predicted molar refractivity (Wildman–Crippen MR) is 77.0 cm³/mol. The van der Waals surface area contributed by atoms with Gasteiger partial charge in [-0.1, -0.05) is 11.6 Å². The molecule has 4 nitrogen and oxygen atoms in total. The van der Waals surface area contributed by atoms with Gasteiger partial charge in [-0.15, -0.1) is 0 Å². The Bertz CT molecular complexity index is 463. The minimum Gasteiger partial charge on any atom is -0.504 e. The summed E-state index contributed by atoms with van der Waals surface area (Å²) in [5, 5.41) is 14.2. The van der Waals surface area contributed by atoms with E-state index in [4.69, 9.17) is 16.3 Å². The first-order chi connectivity index (χ1) is 8.94. The van der Waals surface area contributed by atoms with Crippen molar-refractivity contribution in [1.82, 2.24) is 10.2 Å². The van der Waals surface area contributed by atoms with Gasteiger partial charge in [0.05, 0.1) is 7.11 Å². The number of methoxy groups -OCH3 is 1. The summed E-state index contributed by atoms with van der Waals surface area (Å²) in [5.41, 5.74) is 0.861. The molecule has 1 aromatic carbocycles. The zero-order chi connectivity index (χ0) is 14.0. The Balaban J connectivity index is 2.25. The van der Waals surface area contributed by atoms with Gasteiger partial charge in [-0.25, -0.2) is 0 Å². The third kappa shape index (κ3) is 3.14. The van der Waals surface area contributed by atoms with Crippen LogP contribution in [0.25, 0.3) is 0 Å². The van der Waals surface area contributed by atoms with E-state index in [2.05, 4.69) is 24.1 Å². The third-order valence-corrected chi connectivity index (χ3v) is 3.89. The van der Waals surface area contributed by atoms with Crippen LogP contribution in [0.3, 0.4) is 0 Å². The molecule has 1 aromatic rings. The van der Waals surface area contributed by atoms with Crippen molar-refractivity contribution in [1.29, 1.82) is 0 Å². The van der Waals surface area contributed by atoms with Crippen LogP contribution >= 0.6 is 11.6 Å². The molecule has 1 heterocycles. The summed E-state index contributed by atoms with van der Waals surface area (Å²) >= 11 is 6.07. The normalized spacial score (nSPS) is 19.4. The maximum Gasteiger partial charge on any atom is 0.162 e. The highest BCUT2D eigenvalue weighted by molar-refractivity contribution is 6.30. The molecule has 0 atom stereocenters. The Labute approximate surface area is 119 Å². The minimum atomic E-state index is 0.0558. The van der Waals surface area contributed by atoms with Gasteiger partial charge in [0.2, 0.25) is 0 Å². The summed E-state index contributed by atoms with van der Waals surface area (Å²) in [6.07, 6.45) is 0. The molecule has 106 valence electrons. The van der Waals surface area contributed by atoms with E-state index in [1.807, 2.05) is 0 Å². The van der Waals surface area contributed by atoms with Crippen LogP contribution < -0.4 is 10.1 Å². The maximum atomic E-state index is 10.2. The molecule has 5 heteroatoms. The van der Waals surface area contributed by atoms with Gasteiger partial charge < -0.3 is 15.2 Å². The van der Waals surface area contributed by atoms with Gasteiger partial charge in [0, 0.05) is 48.4 Å². The zero-order valence-electron chi connectivity index (χ0n) is 11.7. The number of halogens is 1. The van der Waals surface area contributed by atoms with Crippen molar-refractivity contribution >= 4 is 11.6 Å².